The topological polar surface area (TPSA) is 70.7 Å². The van der Waals surface area contributed by atoms with Crippen LogP contribution < -0.4 is 15.4 Å². The molecular formula is C20H24ClN3O3. The van der Waals surface area contributed by atoms with Crippen molar-refractivity contribution in [1.82, 2.24) is 10.2 Å². The Kier molecular flexibility index (Phi) is 7.64. The quantitative estimate of drug-likeness (QED) is 0.727. The molecule has 1 atom stereocenters. The van der Waals surface area contributed by atoms with Gasteiger partial charge in [-0.15, -0.1) is 0 Å². The molecule has 2 aromatic carbocycles. The summed E-state index contributed by atoms with van der Waals surface area (Å²) in [5.74, 6) is 0.207. The third kappa shape index (κ3) is 6.58. The van der Waals surface area contributed by atoms with E-state index in [1.54, 1.807) is 38.4 Å². The maximum absolute atomic E-state index is 12.3. The lowest BCUT2D eigenvalue weighted by Crippen LogP contribution is -2.40. The van der Waals surface area contributed by atoms with Crippen molar-refractivity contribution in [3.05, 3.63) is 59.1 Å². The molecule has 144 valence electrons. The smallest absolute Gasteiger partial charge is 0.243 e. The number of rotatable bonds is 8. The molecule has 2 amide bonds. The lowest BCUT2D eigenvalue weighted by molar-refractivity contribution is -0.132. The number of halogens is 1. The van der Waals surface area contributed by atoms with Crippen LogP contribution in [0.15, 0.2) is 48.5 Å². The van der Waals surface area contributed by atoms with Crippen molar-refractivity contribution in [2.75, 3.05) is 32.6 Å². The zero-order chi connectivity index (χ0) is 19.8. The Morgan fingerprint density at radius 2 is 1.89 bits per heavy atom. The van der Waals surface area contributed by atoms with Gasteiger partial charge in [-0.3, -0.25) is 9.59 Å². The van der Waals surface area contributed by atoms with Crippen LogP contribution in [-0.2, 0) is 9.59 Å². The van der Waals surface area contributed by atoms with Gasteiger partial charge in [-0.1, -0.05) is 29.8 Å². The van der Waals surface area contributed by atoms with E-state index in [-0.39, 0.29) is 30.9 Å². The summed E-state index contributed by atoms with van der Waals surface area (Å²) in [5.41, 5.74) is 1.65. The monoisotopic (exact) mass is 389 g/mol. The van der Waals surface area contributed by atoms with Gasteiger partial charge in [0.1, 0.15) is 5.75 Å². The molecule has 0 aliphatic rings. The highest BCUT2D eigenvalue weighted by molar-refractivity contribution is 6.30. The van der Waals surface area contributed by atoms with Crippen molar-refractivity contribution in [2.45, 2.75) is 13.0 Å². The van der Waals surface area contributed by atoms with Crippen molar-refractivity contribution in [1.29, 1.82) is 0 Å². The van der Waals surface area contributed by atoms with Gasteiger partial charge in [0.25, 0.3) is 0 Å². The Balaban J connectivity index is 1.80. The normalized spacial score (nSPS) is 11.6. The summed E-state index contributed by atoms with van der Waals surface area (Å²) in [4.78, 5) is 25.8. The van der Waals surface area contributed by atoms with Crippen LogP contribution in [0.5, 0.6) is 5.75 Å². The Hall–Kier alpha value is -2.57. The SMILES string of the molecule is COc1cccc(NC(=O)CN(C)C(=O)CN[C@@H](C)c2ccc(Cl)cc2)c1. The molecule has 0 spiro atoms. The molecule has 0 aliphatic carbocycles. The fourth-order valence-corrected chi connectivity index (χ4v) is 2.58. The van der Waals surface area contributed by atoms with Gasteiger partial charge in [0.15, 0.2) is 0 Å². The van der Waals surface area contributed by atoms with E-state index in [1.165, 1.54) is 4.90 Å². The second-order valence-electron chi connectivity index (χ2n) is 6.18. The number of carbonyl (C=O) groups is 2. The van der Waals surface area contributed by atoms with E-state index in [9.17, 15) is 9.59 Å². The number of amides is 2. The molecule has 7 heteroatoms. The third-order valence-electron chi connectivity index (χ3n) is 4.09. The van der Waals surface area contributed by atoms with Gasteiger partial charge in [0.05, 0.1) is 20.2 Å². The van der Waals surface area contributed by atoms with Crippen LogP contribution in [0.2, 0.25) is 5.02 Å². The standard InChI is InChI=1S/C20H24ClN3O3/c1-14(15-7-9-16(21)10-8-15)22-12-20(26)24(2)13-19(25)23-17-5-4-6-18(11-17)27-3/h4-11,14,22H,12-13H2,1-3H3,(H,23,25)/t14-/m0/s1. The molecule has 0 saturated carbocycles. The molecule has 2 N–H and O–H groups in total. The summed E-state index contributed by atoms with van der Waals surface area (Å²) >= 11 is 5.88. The van der Waals surface area contributed by atoms with Crippen molar-refractivity contribution in [3.8, 4) is 5.75 Å². The summed E-state index contributed by atoms with van der Waals surface area (Å²) in [6, 6.07) is 14.5. The van der Waals surface area contributed by atoms with Gasteiger partial charge >= 0.3 is 0 Å². The van der Waals surface area contributed by atoms with Crippen LogP contribution >= 0.6 is 11.6 Å². The van der Waals surface area contributed by atoms with Crippen LogP contribution in [0.25, 0.3) is 0 Å². The van der Waals surface area contributed by atoms with Crippen LogP contribution in [-0.4, -0.2) is 44.0 Å². The van der Waals surface area contributed by atoms with E-state index < -0.39 is 0 Å². The minimum absolute atomic E-state index is 0.00905. The first-order chi connectivity index (χ1) is 12.9. The lowest BCUT2D eigenvalue weighted by atomic mass is 10.1. The van der Waals surface area contributed by atoms with Gasteiger partial charge in [0.2, 0.25) is 11.8 Å². The molecule has 27 heavy (non-hydrogen) atoms. The summed E-state index contributed by atoms with van der Waals surface area (Å²) < 4.78 is 5.12. The number of ether oxygens (including phenoxy) is 1. The predicted octanol–water partition coefficient (Wildman–Crippen LogP) is 3.10. The number of likely N-dealkylation sites (N-methyl/N-ethyl adjacent to an activating group) is 1. The van der Waals surface area contributed by atoms with E-state index in [0.29, 0.717) is 16.5 Å². The number of hydrogen-bond acceptors (Lipinski definition) is 4. The molecule has 0 radical (unpaired) electrons. The number of benzene rings is 2. The Morgan fingerprint density at radius 3 is 2.56 bits per heavy atom. The molecule has 2 aromatic rings. The van der Waals surface area contributed by atoms with E-state index in [2.05, 4.69) is 10.6 Å². The number of hydrogen-bond donors (Lipinski definition) is 2. The molecular weight excluding hydrogens is 366 g/mol. The minimum Gasteiger partial charge on any atom is -0.497 e. The van der Waals surface area contributed by atoms with Crippen LogP contribution in [0.4, 0.5) is 5.69 Å². The molecule has 0 aromatic heterocycles. The van der Waals surface area contributed by atoms with E-state index in [4.69, 9.17) is 16.3 Å². The van der Waals surface area contributed by atoms with Gasteiger partial charge in [-0.25, -0.2) is 0 Å². The van der Waals surface area contributed by atoms with Crippen molar-refractivity contribution >= 4 is 29.1 Å². The zero-order valence-corrected chi connectivity index (χ0v) is 16.4. The van der Waals surface area contributed by atoms with Crippen molar-refractivity contribution in [3.63, 3.8) is 0 Å². The summed E-state index contributed by atoms with van der Waals surface area (Å²) in [6.07, 6.45) is 0. The Morgan fingerprint density at radius 1 is 1.19 bits per heavy atom. The fraction of sp³-hybridized carbons (Fsp3) is 0.300. The minimum atomic E-state index is -0.273. The zero-order valence-electron chi connectivity index (χ0n) is 15.7. The summed E-state index contributed by atoms with van der Waals surface area (Å²) in [5, 5.41) is 6.58. The third-order valence-corrected chi connectivity index (χ3v) is 4.34. The molecule has 0 unspecified atom stereocenters. The molecule has 6 nitrogen and oxygen atoms in total. The number of anilines is 1. The predicted molar refractivity (Wildman–Crippen MR) is 107 cm³/mol. The van der Waals surface area contributed by atoms with Gasteiger partial charge in [0, 0.05) is 29.9 Å². The van der Waals surface area contributed by atoms with Crippen LogP contribution in [0.3, 0.4) is 0 Å². The molecule has 2 rings (SSSR count). The Labute approximate surface area is 164 Å². The fourth-order valence-electron chi connectivity index (χ4n) is 2.45. The molecule has 0 fully saturated rings. The van der Waals surface area contributed by atoms with Crippen LogP contribution in [0, 0.1) is 0 Å². The van der Waals surface area contributed by atoms with Crippen molar-refractivity contribution in [2.24, 2.45) is 0 Å². The summed E-state index contributed by atoms with van der Waals surface area (Å²) in [7, 11) is 3.16. The number of methoxy groups -OCH3 is 1. The lowest BCUT2D eigenvalue weighted by Gasteiger charge is -2.19. The number of nitrogens with zero attached hydrogens (tertiary/aromatic N) is 1. The largest absolute Gasteiger partial charge is 0.497 e. The van der Waals surface area contributed by atoms with E-state index in [1.807, 2.05) is 31.2 Å². The molecule has 0 heterocycles. The van der Waals surface area contributed by atoms with Gasteiger partial charge in [-0.05, 0) is 36.8 Å². The van der Waals surface area contributed by atoms with Crippen LogP contribution in [0.1, 0.15) is 18.5 Å². The first-order valence-corrected chi connectivity index (χ1v) is 8.93. The second kappa shape index (κ2) is 9.94. The molecule has 0 bridgehead atoms. The van der Waals surface area contributed by atoms with Crippen molar-refractivity contribution < 1.29 is 14.3 Å². The highest BCUT2D eigenvalue weighted by Gasteiger charge is 2.14. The van der Waals surface area contributed by atoms with E-state index >= 15 is 0 Å². The summed E-state index contributed by atoms with van der Waals surface area (Å²) in [6.45, 7) is 2.06. The highest BCUT2D eigenvalue weighted by atomic mass is 35.5. The molecule has 0 saturated heterocycles. The maximum atomic E-state index is 12.3. The maximum Gasteiger partial charge on any atom is 0.243 e. The first-order valence-electron chi connectivity index (χ1n) is 8.55. The highest BCUT2D eigenvalue weighted by Crippen LogP contribution is 2.17. The van der Waals surface area contributed by atoms with E-state index in [0.717, 1.165) is 5.56 Å². The average molecular weight is 390 g/mol. The number of carbonyl (C=O) groups excluding carboxylic acids is 2. The average Bonchev–Trinajstić information content (AvgIpc) is 2.66. The second-order valence-corrected chi connectivity index (χ2v) is 6.62. The number of nitrogens with one attached hydrogen (secondary N) is 2. The first kappa shape index (κ1) is 20.7. The van der Waals surface area contributed by atoms with Gasteiger partial charge in [-0.2, -0.15) is 0 Å². The Bertz CT molecular complexity index is 780. The molecule has 0 aliphatic heterocycles. The van der Waals surface area contributed by atoms with Gasteiger partial charge < -0.3 is 20.3 Å².